The van der Waals surface area contributed by atoms with Crippen molar-refractivity contribution >= 4 is 28.3 Å². The Hall–Kier alpha value is -1.63. The summed E-state index contributed by atoms with van der Waals surface area (Å²) in [6, 6.07) is -0.593. The number of carboxylic acid groups (broad SMARTS) is 1. The minimum atomic E-state index is -0.893. The quantitative estimate of drug-likeness (QED) is 0.882. The van der Waals surface area contributed by atoms with Crippen LogP contribution >= 0.6 is 11.3 Å². The smallest absolute Gasteiger partial charge is 0.326 e. The van der Waals surface area contributed by atoms with Crippen LogP contribution in [0.1, 0.15) is 37.8 Å². The number of nitrogens with two attached hydrogens (primary N) is 1. The van der Waals surface area contributed by atoms with Gasteiger partial charge in [-0.05, 0) is 25.2 Å². The molecule has 3 atom stereocenters. The Bertz CT molecular complexity index is 559. The highest BCUT2D eigenvalue weighted by Crippen LogP contribution is 2.40. The van der Waals surface area contributed by atoms with Crippen molar-refractivity contribution in [2.75, 3.05) is 5.73 Å². The number of carbonyl (C=O) groups is 2. The maximum absolute atomic E-state index is 12.6. The van der Waals surface area contributed by atoms with Crippen LogP contribution in [0, 0.1) is 5.92 Å². The summed E-state index contributed by atoms with van der Waals surface area (Å²) in [6.45, 7) is 0. The molecule has 1 aliphatic heterocycles. The number of carboxylic acids is 1. The summed E-state index contributed by atoms with van der Waals surface area (Å²) in [5, 5.41) is 11.6. The van der Waals surface area contributed by atoms with Gasteiger partial charge in [-0.15, -0.1) is 11.3 Å². The summed E-state index contributed by atoms with van der Waals surface area (Å²) in [6.07, 6.45) is 4.88. The predicted molar refractivity (Wildman–Crippen MR) is 78.9 cm³/mol. The van der Waals surface area contributed by atoms with Crippen molar-refractivity contribution in [1.82, 2.24) is 9.88 Å². The van der Waals surface area contributed by atoms with Crippen LogP contribution in [0.5, 0.6) is 0 Å². The van der Waals surface area contributed by atoms with Gasteiger partial charge in [0.15, 0.2) is 5.13 Å². The van der Waals surface area contributed by atoms with E-state index in [2.05, 4.69) is 4.98 Å². The van der Waals surface area contributed by atoms with Crippen LogP contribution < -0.4 is 5.73 Å². The van der Waals surface area contributed by atoms with Gasteiger partial charge in [-0.1, -0.05) is 12.8 Å². The Morgan fingerprint density at radius 1 is 1.43 bits per heavy atom. The molecule has 2 fully saturated rings. The molecule has 7 heteroatoms. The summed E-state index contributed by atoms with van der Waals surface area (Å²) in [7, 11) is 0. The molecule has 21 heavy (non-hydrogen) atoms. The van der Waals surface area contributed by atoms with E-state index in [0.29, 0.717) is 23.2 Å². The number of fused-ring (bicyclic) bond motifs is 1. The van der Waals surface area contributed by atoms with Gasteiger partial charge < -0.3 is 15.7 Å². The molecule has 2 heterocycles. The number of nitrogen functional groups attached to an aromatic ring is 1. The summed E-state index contributed by atoms with van der Waals surface area (Å²) in [4.78, 5) is 29.8. The van der Waals surface area contributed by atoms with Gasteiger partial charge in [0.2, 0.25) is 5.91 Å². The maximum atomic E-state index is 12.6. The Labute approximate surface area is 127 Å². The molecule has 1 aromatic rings. The molecule has 3 N–H and O–H groups in total. The van der Waals surface area contributed by atoms with E-state index < -0.39 is 12.0 Å². The van der Waals surface area contributed by atoms with E-state index in [1.54, 1.807) is 10.3 Å². The first-order chi connectivity index (χ1) is 10.1. The van der Waals surface area contributed by atoms with E-state index in [0.717, 1.165) is 25.7 Å². The highest BCUT2D eigenvalue weighted by Gasteiger charge is 2.47. The van der Waals surface area contributed by atoms with E-state index in [-0.39, 0.29) is 18.4 Å². The van der Waals surface area contributed by atoms with Gasteiger partial charge in [0.25, 0.3) is 0 Å². The Balaban J connectivity index is 1.79. The lowest BCUT2D eigenvalue weighted by Gasteiger charge is -2.32. The second-order valence-corrected chi connectivity index (χ2v) is 6.75. The van der Waals surface area contributed by atoms with Crippen LogP contribution in [0.4, 0.5) is 5.13 Å². The van der Waals surface area contributed by atoms with Crippen LogP contribution in [0.2, 0.25) is 0 Å². The van der Waals surface area contributed by atoms with Crippen molar-refractivity contribution in [2.24, 2.45) is 5.92 Å². The molecule has 3 rings (SSSR count). The molecule has 1 amide bonds. The van der Waals surface area contributed by atoms with Crippen molar-refractivity contribution in [2.45, 2.75) is 50.6 Å². The zero-order chi connectivity index (χ0) is 15.0. The normalized spacial score (nSPS) is 28.4. The topological polar surface area (TPSA) is 96.5 Å². The van der Waals surface area contributed by atoms with Crippen molar-refractivity contribution in [3.63, 3.8) is 0 Å². The number of amides is 1. The molecule has 0 spiro atoms. The monoisotopic (exact) mass is 309 g/mol. The zero-order valence-corrected chi connectivity index (χ0v) is 12.5. The Morgan fingerprint density at radius 2 is 2.19 bits per heavy atom. The average Bonchev–Trinajstić information content (AvgIpc) is 3.02. The number of likely N-dealkylation sites (tertiary alicyclic amines) is 1. The van der Waals surface area contributed by atoms with E-state index in [1.807, 2.05) is 0 Å². The van der Waals surface area contributed by atoms with Gasteiger partial charge in [0.05, 0.1) is 12.1 Å². The van der Waals surface area contributed by atoms with Gasteiger partial charge in [-0.3, -0.25) is 4.79 Å². The van der Waals surface area contributed by atoms with Gasteiger partial charge >= 0.3 is 5.97 Å². The van der Waals surface area contributed by atoms with Crippen LogP contribution in [0.15, 0.2) is 5.38 Å². The van der Waals surface area contributed by atoms with Crippen LogP contribution in [0.25, 0.3) is 0 Å². The van der Waals surface area contributed by atoms with Crippen molar-refractivity contribution in [1.29, 1.82) is 0 Å². The molecule has 0 radical (unpaired) electrons. The van der Waals surface area contributed by atoms with E-state index in [4.69, 9.17) is 5.73 Å². The lowest BCUT2D eigenvalue weighted by molar-refractivity contribution is -0.149. The molecule has 1 saturated carbocycles. The molecule has 1 saturated heterocycles. The fraction of sp³-hybridized carbons (Fsp3) is 0.643. The molecule has 1 aromatic heterocycles. The summed E-state index contributed by atoms with van der Waals surface area (Å²) in [5.41, 5.74) is 6.21. The third kappa shape index (κ3) is 2.74. The number of thiazole rings is 1. The lowest BCUT2D eigenvalue weighted by atomic mass is 9.84. The van der Waals surface area contributed by atoms with Gasteiger partial charge in [0, 0.05) is 11.4 Å². The standard InChI is InChI=1S/C14H19N3O3S/c15-14-16-9(7-21-14)6-12(18)17-10-4-2-1-3-8(10)5-11(17)13(19)20/h7-8,10-11H,1-6H2,(H2,15,16)(H,19,20). The van der Waals surface area contributed by atoms with Crippen molar-refractivity contribution < 1.29 is 14.7 Å². The van der Waals surface area contributed by atoms with Gasteiger partial charge in [0.1, 0.15) is 6.04 Å². The van der Waals surface area contributed by atoms with Gasteiger partial charge in [-0.25, -0.2) is 9.78 Å². The maximum Gasteiger partial charge on any atom is 0.326 e. The number of nitrogens with zero attached hydrogens (tertiary/aromatic N) is 2. The van der Waals surface area contributed by atoms with Crippen LogP contribution in [-0.4, -0.2) is 39.0 Å². The fourth-order valence-electron chi connectivity index (χ4n) is 3.69. The van der Waals surface area contributed by atoms with Crippen LogP contribution in [0.3, 0.4) is 0 Å². The molecule has 114 valence electrons. The molecule has 2 aliphatic rings. The second kappa shape index (κ2) is 5.63. The molecule has 3 unspecified atom stereocenters. The SMILES string of the molecule is Nc1nc(CC(=O)N2C(C(=O)O)CC3CCCCC32)cs1. The van der Waals surface area contributed by atoms with Crippen molar-refractivity contribution in [3.05, 3.63) is 11.1 Å². The first-order valence-electron chi connectivity index (χ1n) is 7.30. The fourth-order valence-corrected chi connectivity index (χ4v) is 4.25. The van der Waals surface area contributed by atoms with E-state index >= 15 is 0 Å². The van der Waals surface area contributed by atoms with E-state index in [9.17, 15) is 14.7 Å². The lowest BCUT2D eigenvalue weighted by Crippen LogP contribution is -2.46. The van der Waals surface area contributed by atoms with Gasteiger partial charge in [-0.2, -0.15) is 0 Å². The first-order valence-corrected chi connectivity index (χ1v) is 8.18. The number of hydrogen-bond donors (Lipinski definition) is 2. The minimum Gasteiger partial charge on any atom is -0.480 e. The molecular formula is C14H19N3O3S. The summed E-state index contributed by atoms with van der Waals surface area (Å²) >= 11 is 1.30. The highest BCUT2D eigenvalue weighted by molar-refractivity contribution is 7.13. The third-order valence-corrected chi connectivity index (χ3v) is 5.29. The number of aliphatic carboxylic acids is 1. The minimum absolute atomic E-state index is 0.0864. The molecule has 1 aliphatic carbocycles. The number of aromatic nitrogens is 1. The molecule has 0 bridgehead atoms. The average molecular weight is 309 g/mol. The summed E-state index contributed by atoms with van der Waals surface area (Å²) in [5.74, 6) is -0.693. The summed E-state index contributed by atoms with van der Waals surface area (Å²) < 4.78 is 0. The number of rotatable bonds is 3. The zero-order valence-electron chi connectivity index (χ0n) is 11.7. The molecular weight excluding hydrogens is 290 g/mol. The van der Waals surface area contributed by atoms with Crippen LogP contribution in [-0.2, 0) is 16.0 Å². The largest absolute Gasteiger partial charge is 0.480 e. The first kappa shape index (κ1) is 14.3. The van der Waals surface area contributed by atoms with Crippen molar-refractivity contribution in [3.8, 4) is 0 Å². The predicted octanol–water partition coefficient (Wildman–Crippen LogP) is 1.51. The number of carbonyl (C=O) groups excluding carboxylic acids is 1. The third-order valence-electron chi connectivity index (χ3n) is 4.56. The molecule has 0 aromatic carbocycles. The molecule has 6 nitrogen and oxygen atoms in total. The Kier molecular flexibility index (Phi) is 3.84. The number of anilines is 1. The highest BCUT2D eigenvalue weighted by atomic mass is 32.1. The Morgan fingerprint density at radius 3 is 2.86 bits per heavy atom. The second-order valence-electron chi connectivity index (χ2n) is 5.86. The van der Waals surface area contributed by atoms with E-state index in [1.165, 1.54) is 11.3 Å². The number of hydrogen-bond acceptors (Lipinski definition) is 5.